The van der Waals surface area contributed by atoms with Crippen molar-refractivity contribution in [1.29, 1.82) is 0 Å². The summed E-state index contributed by atoms with van der Waals surface area (Å²) in [6.45, 7) is 2.46. The molecule has 1 aromatic carbocycles. The van der Waals surface area contributed by atoms with Gasteiger partial charge in [0.2, 0.25) is 0 Å². The van der Waals surface area contributed by atoms with Crippen LogP contribution in [0, 0.1) is 6.92 Å². The van der Waals surface area contributed by atoms with E-state index in [1.807, 2.05) is 19.1 Å². The highest BCUT2D eigenvalue weighted by molar-refractivity contribution is 6.06. The predicted molar refractivity (Wildman–Crippen MR) is 84.7 cm³/mol. The first-order valence-corrected chi connectivity index (χ1v) is 7.61. The molecule has 0 bridgehead atoms. The minimum Gasteiger partial charge on any atom is -0.495 e. The average Bonchev–Trinajstić information content (AvgIpc) is 2.61. The van der Waals surface area contributed by atoms with E-state index in [1.54, 1.807) is 12.0 Å². The van der Waals surface area contributed by atoms with Crippen LogP contribution in [0.3, 0.4) is 0 Å². The van der Waals surface area contributed by atoms with E-state index in [2.05, 4.69) is 9.97 Å². The summed E-state index contributed by atoms with van der Waals surface area (Å²) in [6.07, 6.45) is -0.120. The van der Waals surface area contributed by atoms with Crippen LogP contribution in [0.5, 0.6) is 5.75 Å². The molecule has 3 rings (SSSR count). The van der Waals surface area contributed by atoms with E-state index in [4.69, 9.17) is 4.74 Å². The fourth-order valence-electron chi connectivity index (χ4n) is 2.97. The predicted octanol–water partition coefficient (Wildman–Crippen LogP) is 3.32. The van der Waals surface area contributed by atoms with Crippen LogP contribution in [0.25, 0.3) is 0 Å². The van der Waals surface area contributed by atoms with Gasteiger partial charge in [-0.3, -0.25) is 4.79 Å². The van der Waals surface area contributed by atoms with E-state index in [9.17, 15) is 13.6 Å². The molecule has 1 aliphatic rings. The number of rotatable bonds is 3. The van der Waals surface area contributed by atoms with Crippen LogP contribution >= 0.6 is 0 Å². The van der Waals surface area contributed by atoms with Gasteiger partial charge in [-0.1, -0.05) is 6.07 Å². The third kappa shape index (κ3) is 2.81. The van der Waals surface area contributed by atoms with E-state index in [-0.39, 0.29) is 5.69 Å². The number of aromatic nitrogens is 2. The molecule has 0 atom stereocenters. The number of hydrogen-bond donors (Lipinski definition) is 0. The number of methoxy groups -OCH3 is 1. The summed E-state index contributed by atoms with van der Waals surface area (Å²) in [5.74, 6) is 0.163. The Kier molecular flexibility index (Phi) is 4.42. The van der Waals surface area contributed by atoms with Crippen LogP contribution in [0.4, 0.5) is 14.5 Å². The third-order valence-electron chi connectivity index (χ3n) is 4.15. The molecule has 24 heavy (non-hydrogen) atoms. The van der Waals surface area contributed by atoms with Gasteiger partial charge in [0.15, 0.2) is 0 Å². The Hall–Kier alpha value is -2.57. The van der Waals surface area contributed by atoms with Gasteiger partial charge in [0.25, 0.3) is 12.3 Å². The molecule has 0 spiro atoms. The zero-order chi connectivity index (χ0) is 17.3. The maximum Gasteiger partial charge on any atom is 0.280 e. The van der Waals surface area contributed by atoms with Crippen molar-refractivity contribution in [3.8, 4) is 5.75 Å². The SMILES string of the molecule is COc1ccc(C)c2c1N(C(=O)c1cc(C(F)F)ncn1)CCC2. The third-order valence-corrected chi connectivity index (χ3v) is 4.15. The molecule has 1 aliphatic heterocycles. The van der Waals surface area contributed by atoms with E-state index in [1.165, 1.54) is 0 Å². The number of benzene rings is 1. The zero-order valence-corrected chi connectivity index (χ0v) is 13.4. The zero-order valence-electron chi connectivity index (χ0n) is 13.4. The van der Waals surface area contributed by atoms with Gasteiger partial charge in [0.05, 0.1) is 12.8 Å². The summed E-state index contributed by atoms with van der Waals surface area (Å²) in [5.41, 5.74) is 2.31. The maximum atomic E-state index is 12.9. The molecule has 0 unspecified atom stereocenters. The number of anilines is 1. The Labute approximate surface area is 138 Å². The highest BCUT2D eigenvalue weighted by Gasteiger charge is 2.29. The Bertz CT molecular complexity index is 780. The van der Waals surface area contributed by atoms with E-state index >= 15 is 0 Å². The summed E-state index contributed by atoms with van der Waals surface area (Å²) in [4.78, 5) is 21.8. The molecule has 0 saturated heterocycles. The number of ether oxygens (including phenoxy) is 1. The van der Waals surface area contributed by atoms with Crippen molar-refractivity contribution in [3.63, 3.8) is 0 Å². The molecule has 0 N–H and O–H groups in total. The lowest BCUT2D eigenvalue weighted by Crippen LogP contribution is -2.36. The van der Waals surface area contributed by atoms with Gasteiger partial charge in [-0.2, -0.15) is 0 Å². The smallest absolute Gasteiger partial charge is 0.280 e. The van der Waals surface area contributed by atoms with Crippen LogP contribution < -0.4 is 9.64 Å². The monoisotopic (exact) mass is 333 g/mol. The van der Waals surface area contributed by atoms with Crippen LogP contribution in [0.15, 0.2) is 24.5 Å². The first-order valence-electron chi connectivity index (χ1n) is 7.61. The number of alkyl halides is 2. The molecular weight excluding hydrogens is 316 g/mol. The molecular formula is C17H17F2N3O2. The molecule has 5 nitrogen and oxygen atoms in total. The molecule has 0 saturated carbocycles. The minimum atomic E-state index is -2.75. The van der Waals surface area contributed by atoms with Crippen LogP contribution in [0.2, 0.25) is 0 Å². The second-order valence-electron chi connectivity index (χ2n) is 5.60. The Morgan fingerprint density at radius 3 is 2.83 bits per heavy atom. The van der Waals surface area contributed by atoms with Crippen molar-refractivity contribution in [2.75, 3.05) is 18.6 Å². The van der Waals surface area contributed by atoms with Gasteiger partial charge in [-0.15, -0.1) is 0 Å². The number of carbonyl (C=O) groups excluding carboxylic acids is 1. The second-order valence-corrected chi connectivity index (χ2v) is 5.60. The molecule has 0 aliphatic carbocycles. The first kappa shape index (κ1) is 16.3. The quantitative estimate of drug-likeness (QED) is 0.864. The number of amides is 1. The van der Waals surface area contributed by atoms with E-state index in [0.29, 0.717) is 18.0 Å². The number of aryl methyl sites for hydroxylation is 1. The van der Waals surface area contributed by atoms with Gasteiger partial charge < -0.3 is 9.64 Å². The molecule has 1 amide bonds. The summed E-state index contributed by atoms with van der Waals surface area (Å²) in [5, 5.41) is 0. The normalized spacial score (nSPS) is 13.8. The lowest BCUT2D eigenvalue weighted by Gasteiger charge is -2.31. The fraction of sp³-hybridized carbons (Fsp3) is 0.353. The van der Waals surface area contributed by atoms with Gasteiger partial charge in [0.1, 0.15) is 23.5 Å². The van der Waals surface area contributed by atoms with Gasteiger partial charge >= 0.3 is 0 Å². The highest BCUT2D eigenvalue weighted by Crippen LogP contribution is 2.38. The second kappa shape index (κ2) is 6.51. The average molecular weight is 333 g/mol. The van der Waals surface area contributed by atoms with Gasteiger partial charge in [-0.25, -0.2) is 18.7 Å². The Morgan fingerprint density at radius 1 is 1.33 bits per heavy atom. The van der Waals surface area contributed by atoms with Crippen molar-refractivity contribution in [3.05, 3.63) is 47.0 Å². The van der Waals surface area contributed by atoms with Gasteiger partial charge in [-0.05, 0) is 43.0 Å². The summed E-state index contributed by atoms with van der Waals surface area (Å²) in [7, 11) is 1.54. The fourth-order valence-corrected chi connectivity index (χ4v) is 2.97. The van der Waals surface area contributed by atoms with Crippen molar-refractivity contribution < 1.29 is 18.3 Å². The highest BCUT2D eigenvalue weighted by atomic mass is 19.3. The van der Waals surface area contributed by atoms with Crippen molar-refractivity contribution in [1.82, 2.24) is 9.97 Å². The van der Waals surface area contributed by atoms with E-state index in [0.717, 1.165) is 36.4 Å². The standard InChI is InChI=1S/C17H17F2N3O2/c1-10-5-6-14(24-2)15-11(10)4-3-7-22(15)17(23)13-8-12(16(18)19)20-9-21-13/h5-6,8-9,16H,3-4,7H2,1-2H3. The maximum absolute atomic E-state index is 12.9. The molecule has 0 radical (unpaired) electrons. The van der Waals surface area contributed by atoms with E-state index < -0.39 is 18.0 Å². The molecule has 126 valence electrons. The first-order chi connectivity index (χ1) is 11.5. The lowest BCUT2D eigenvalue weighted by molar-refractivity contribution is 0.0978. The Balaban J connectivity index is 2.05. The largest absolute Gasteiger partial charge is 0.495 e. The molecule has 2 heterocycles. The molecule has 7 heteroatoms. The molecule has 2 aromatic rings. The van der Waals surface area contributed by atoms with Crippen molar-refractivity contribution in [2.24, 2.45) is 0 Å². The minimum absolute atomic E-state index is 0.0447. The topological polar surface area (TPSA) is 55.3 Å². The number of halogens is 2. The summed E-state index contributed by atoms with van der Waals surface area (Å²) >= 11 is 0. The Morgan fingerprint density at radius 2 is 2.12 bits per heavy atom. The van der Waals surface area contributed by atoms with Crippen molar-refractivity contribution >= 4 is 11.6 Å². The lowest BCUT2D eigenvalue weighted by atomic mass is 9.96. The number of nitrogens with zero attached hydrogens (tertiary/aromatic N) is 3. The van der Waals surface area contributed by atoms with Crippen LogP contribution in [0.1, 0.15) is 40.2 Å². The number of fused-ring (bicyclic) bond motifs is 1. The summed E-state index contributed by atoms with van der Waals surface area (Å²) < 4.78 is 31.1. The van der Waals surface area contributed by atoms with Gasteiger partial charge in [0, 0.05) is 6.54 Å². The molecule has 1 aromatic heterocycles. The number of carbonyl (C=O) groups is 1. The van der Waals surface area contributed by atoms with Crippen LogP contribution in [-0.2, 0) is 6.42 Å². The molecule has 0 fully saturated rings. The van der Waals surface area contributed by atoms with Crippen LogP contribution in [-0.4, -0.2) is 29.5 Å². The number of hydrogen-bond acceptors (Lipinski definition) is 4. The summed E-state index contributed by atoms with van der Waals surface area (Å²) in [6, 6.07) is 4.80. The van der Waals surface area contributed by atoms with Crippen molar-refractivity contribution in [2.45, 2.75) is 26.2 Å².